The lowest BCUT2D eigenvalue weighted by Crippen LogP contribution is -2.00. The number of rotatable bonds is 2. The highest BCUT2D eigenvalue weighted by molar-refractivity contribution is 9.10. The highest BCUT2D eigenvalue weighted by Crippen LogP contribution is 2.29. The molecule has 0 saturated carbocycles. The first-order valence-corrected chi connectivity index (χ1v) is 6.15. The van der Waals surface area contributed by atoms with E-state index >= 15 is 0 Å². The van der Waals surface area contributed by atoms with Gasteiger partial charge < -0.3 is 11.1 Å². The van der Waals surface area contributed by atoms with Crippen LogP contribution in [0.4, 0.5) is 17.2 Å². The van der Waals surface area contributed by atoms with Gasteiger partial charge in [-0.3, -0.25) is 0 Å². The zero-order valence-corrected chi connectivity index (χ0v) is 11.5. The molecule has 18 heavy (non-hydrogen) atoms. The number of pyridine rings is 1. The van der Waals surface area contributed by atoms with Gasteiger partial charge in [-0.15, -0.1) is 0 Å². The van der Waals surface area contributed by atoms with E-state index in [0.29, 0.717) is 27.8 Å². The van der Waals surface area contributed by atoms with Crippen LogP contribution in [0, 0.1) is 11.3 Å². The molecule has 0 unspecified atom stereocenters. The van der Waals surface area contributed by atoms with Crippen molar-refractivity contribution < 1.29 is 0 Å². The van der Waals surface area contributed by atoms with Gasteiger partial charge in [0.2, 0.25) is 0 Å². The first-order chi connectivity index (χ1) is 8.60. The number of hydrogen-bond acceptors (Lipinski definition) is 4. The van der Waals surface area contributed by atoms with Gasteiger partial charge >= 0.3 is 0 Å². The summed E-state index contributed by atoms with van der Waals surface area (Å²) >= 11 is 9.41. The molecule has 0 atom stereocenters. The number of halogens is 2. The van der Waals surface area contributed by atoms with E-state index in [-0.39, 0.29) is 0 Å². The molecule has 0 saturated heterocycles. The summed E-state index contributed by atoms with van der Waals surface area (Å²) in [5.41, 5.74) is 7.30. The smallest absolute Gasteiger partial charge is 0.153 e. The van der Waals surface area contributed by atoms with Crippen molar-refractivity contribution in [2.45, 2.75) is 0 Å². The summed E-state index contributed by atoms with van der Waals surface area (Å²) in [6.45, 7) is 0. The van der Waals surface area contributed by atoms with Gasteiger partial charge in [-0.2, -0.15) is 5.26 Å². The maximum Gasteiger partial charge on any atom is 0.153 e. The Morgan fingerprint density at radius 3 is 2.83 bits per heavy atom. The molecule has 0 bridgehead atoms. The molecule has 4 nitrogen and oxygen atoms in total. The maximum atomic E-state index is 8.73. The largest absolute Gasteiger partial charge is 0.396 e. The Bertz CT molecular complexity index is 636. The fourth-order valence-corrected chi connectivity index (χ4v) is 1.89. The van der Waals surface area contributed by atoms with Crippen LogP contribution in [0.2, 0.25) is 5.02 Å². The summed E-state index contributed by atoms with van der Waals surface area (Å²) < 4.78 is 0.890. The second-order valence-electron chi connectivity index (χ2n) is 3.52. The van der Waals surface area contributed by atoms with Crippen LogP contribution in [-0.2, 0) is 0 Å². The predicted octanol–water partition coefficient (Wildman–Crippen LogP) is 3.69. The number of benzene rings is 1. The molecular formula is C12H8BrClN4. The molecule has 6 heteroatoms. The second kappa shape index (κ2) is 5.25. The number of aromatic nitrogens is 1. The van der Waals surface area contributed by atoms with Gasteiger partial charge in [0, 0.05) is 10.7 Å². The minimum absolute atomic E-state index is 0.394. The number of nitrogens with two attached hydrogens (primary N) is 1. The quantitative estimate of drug-likeness (QED) is 0.883. The van der Waals surface area contributed by atoms with E-state index in [2.05, 4.69) is 26.2 Å². The van der Waals surface area contributed by atoms with Crippen LogP contribution in [-0.4, -0.2) is 4.98 Å². The molecule has 0 spiro atoms. The SMILES string of the molecule is N#Cc1cnc(Nc2cc(Br)ccc2Cl)c(N)c1. The zero-order chi connectivity index (χ0) is 13.1. The molecule has 0 aliphatic heterocycles. The molecule has 0 radical (unpaired) electrons. The number of hydrogen-bond donors (Lipinski definition) is 2. The fourth-order valence-electron chi connectivity index (χ4n) is 1.37. The molecule has 0 amide bonds. The predicted molar refractivity (Wildman–Crippen MR) is 75.8 cm³/mol. The summed E-state index contributed by atoms with van der Waals surface area (Å²) in [7, 11) is 0. The molecular weight excluding hydrogens is 316 g/mol. The normalized spacial score (nSPS) is 9.83. The van der Waals surface area contributed by atoms with Gasteiger partial charge in [0.1, 0.15) is 6.07 Å². The number of nitriles is 1. The van der Waals surface area contributed by atoms with E-state index < -0.39 is 0 Å². The maximum absolute atomic E-state index is 8.73. The van der Waals surface area contributed by atoms with Crippen molar-refractivity contribution in [1.82, 2.24) is 4.98 Å². The van der Waals surface area contributed by atoms with Crippen LogP contribution in [0.3, 0.4) is 0 Å². The van der Waals surface area contributed by atoms with Crippen LogP contribution >= 0.6 is 27.5 Å². The van der Waals surface area contributed by atoms with E-state index in [1.165, 1.54) is 6.20 Å². The second-order valence-corrected chi connectivity index (χ2v) is 4.85. The van der Waals surface area contributed by atoms with Crippen LogP contribution in [0.5, 0.6) is 0 Å². The van der Waals surface area contributed by atoms with Gasteiger partial charge in [-0.05, 0) is 24.3 Å². The average molecular weight is 324 g/mol. The molecule has 3 N–H and O–H groups in total. The van der Waals surface area contributed by atoms with Gasteiger partial charge in [0.15, 0.2) is 5.82 Å². The summed E-state index contributed by atoms with van der Waals surface area (Å²) in [5, 5.41) is 12.3. The van der Waals surface area contributed by atoms with Crippen molar-refractivity contribution in [2.75, 3.05) is 11.1 Å². The molecule has 90 valence electrons. The number of anilines is 3. The molecule has 2 rings (SSSR count). The van der Waals surface area contributed by atoms with E-state index in [0.717, 1.165) is 4.47 Å². The van der Waals surface area contributed by atoms with Crippen LogP contribution in [0.25, 0.3) is 0 Å². The van der Waals surface area contributed by atoms with Crippen LogP contribution in [0.1, 0.15) is 5.56 Å². The number of nitrogen functional groups attached to an aromatic ring is 1. The van der Waals surface area contributed by atoms with Gasteiger partial charge in [0.25, 0.3) is 0 Å². The van der Waals surface area contributed by atoms with E-state index in [1.807, 2.05) is 18.2 Å². The Balaban J connectivity index is 2.34. The summed E-state index contributed by atoms with van der Waals surface area (Å²) in [5.74, 6) is 0.467. The minimum atomic E-state index is 0.394. The van der Waals surface area contributed by atoms with Gasteiger partial charge in [0.05, 0.1) is 22.0 Å². The first-order valence-electron chi connectivity index (χ1n) is 4.98. The standard InChI is InChI=1S/C12H8BrClN4/c13-8-1-2-9(14)11(4-8)18-12-10(16)3-7(5-15)6-17-12/h1-4,6H,16H2,(H,17,18). The Kier molecular flexibility index (Phi) is 3.70. The van der Waals surface area contributed by atoms with Crippen LogP contribution < -0.4 is 11.1 Å². The van der Waals surface area contributed by atoms with Crippen LogP contribution in [0.15, 0.2) is 34.9 Å². The Morgan fingerprint density at radius 1 is 1.39 bits per heavy atom. The van der Waals surface area contributed by atoms with Crippen molar-refractivity contribution in [2.24, 2.45) is 0 Å². The summed E-state index contributed by atoms with van der Waals surface area (Å²) in [6, 6.07) is 8.95. The first kappa shape index (κ1) is 12.7. The zero-order valence-electron chi connectivity index (χ0n) is 9.11. The Hall–Kier alpha value is -1.77. The van der Waals surface area contributed by atoms with Crippen molar-refractivity contribution >= 4 is 44.7 Å². The lowest BCUT2D eigenvalue weighted by atomic mass is 10.2. The topological polar surface area (TPSA) is 74.7 Å². The summed E-state index contributed by atoms with van der Waals surface area (Å²) in [4.78, 5) is 4.08. The van der Waals surface area contributed by atoms with Gasteiger partial charge in [-0.1, -0.05) is 27.5 Å². The molecule has 0 fully saturated rings. The Labute approximate surface area is 118 Å². The van der Waals surface area contributed by atoms with E-state index in [1.54, 1.807) is 12.1 Å². The minimum Gasteiger partial charge on any atom is -0.396 e. The van der Waals surface area contributed by atoms with E-state index in [4.69, 9.17) is 22.6 Å². The summed E-state index contributed by atoms with van der Waals surface area (Å²) in [6.07, 6.45) is 1.45. The fraction of sp³-hybridized carbons (Fsp3) is 0. The van der Waals surface area contributed by atoms with E-state index in [9.17, 15) is 0 Å². The van der Waals surface area contributed by atoms with Crippen molar-refractivity contribution in [1.29, 1.82) is 5.26 Å². The number of nitrogens with zero attached hydrogens (tertiary/aromatic N) is 2. The molecule has 1 aromatic carbocycles. The molecule has 2 aromatic rings. The number of nitrogens with one attached hydrogen (secondary N) is 1. The highest BCUT2D eigenvalue weighted by Gasteiger charge is 2.06. The monoisotopic (exact) mass is 322 g/mol. The third-order valence-electron chi connectivity index (χ3n) is 2.23. The lowest BCUT2D eigenvalue weighted by Gasteiger charge is -2.10. The van der Waals surface area contributed by atoms with Crippen molar-refractivity contribution in [3.05, 3.63) is 45.5 Å². The highest BCUT2D eigenvalue weighted by atomic mass is 79.9. The Morgan fingerprint density at radius 2 is 2.17 bits per heavy atom. The molecule has 0 aliphatic carbocycles. The molecule has 1 aromatic heterocycles. The molecule has 1 heterocycles. The molecule has 0 aliphatic rings. The van der Waals surface area contributed by atoms with Gasteiger partial charge in [-0.25, -0.2) is 4.98 Å². The van der Waals surface area contributed by atoms with Crippen molar-refractivity contribution in [3.63, 3.8) is 0 Å². The van der Waals surface area contributed by atoms with Crippen molar-refractivity contribution in [3.8, 4) is 6.07 Å². The lowest BCUT2D eigenvalue weighted by molar-refractivity contribution is 1.29. The third kappa shape index (κ3) is 2.73. The average Bonchev–Trinajstić information content (AvgIpc) is 2.36. The third-order valence-corrected chi connectivity index (χ3v) is 3.05.